The summed E-state index contributed by atoms with van der Waals surface area (Å²) in [6.07, 6.45) is 0.956. The van der Waals surface area contributed by atoms with Crippen LogP contribution in [0.5, 0.6) is 0 Å². The maximum atomic E-state index is 11.8. The molecule has 0 aromatic carbocycles. The van der Waals surface area contributed by atoms with Gasteiger partial charge in [0.25, 0.3) is 0 Å². The molecule has 2 unspecified atom stereocenters. The summed E-state index contributed by atoms with van der Waals surface area (Å²) in [7, 11) is 0. The van der Waals surface area contributed by atoms with Crippen molar-refractivity contribution >= 4 is 11.9 Å². The van der Waals surface area contributed by atoms with Crippen LogP contribution in [0.2, 0.25) is 0 Å². The number of nitrogens with one attached hydrogen (secondary N) is 2. The third kappa shape index (κ3) is 2.95. The topological polar surface area (TPSA) is 78.4 Å². The van der Waals surface area contributed by atoms with Crippen molar-refractivity contribution in [3.05, 3.63) is 0 Å². The van der Waals surface area contributed by atoms with E-state index in [1.54, 1.807) is 13.8 Å². The Morgan fingerprint density at radius 2 is 2.06 bits per heavy atom. The highest BCUT2D eigenvalue weighted by molar-refractivity contribution is 5.87. The fraction of sp³-hybridized carbons (Fsp3) is 0.818. The summed E-state index contributed by atoms with van der Waals surface area (Å²) in [5, 5.41) is 14.6. The van der Waals surface area contributed by atoms with Crippen LogP contribution in [0.15, 0.2) is 0 Å². The van der Waals surface area contributed by atoms with Crippen LogP contribution in [-0.4, -0.2) is 35.6 Å². The number of aliphatic carboxylic acids is 1. The number of hydrogen-bond acceptors (Lipinski definition) is 3. The average Bonchev–Trinajstić information content (AvgIpc) is 2.59. The zero-order chi connectivity index (χ0) is 12.3. The largest absolute Gasteiger partial charge is 0.480 e. The van der Waals surface area contributed by atoms with E-state index in [1.807, 2.05) is 6.92 Å². The van der Waals surface area contributed by atoms with E-state index in [-0.39, 0.29) is 23.8 Å². The normalized spacial score (nSPS) is 26.8. The highest BCUT2D eigenvalue weighted by Crippen LogP contribution is 2.15. The molecule has 0 radical (unpaired) electrons. The van der Waals surface area contributed by atoms with Crippen molar-refractivity contribution in [3.8, 4) is 0 Å². The van der Waals surface area contributed by atoms with E-state index in [9.17, 15) is 9.59 Å². The van der Waals surface area contributed by atoms with Gasteiger partial charge < -0.3 is 15.7 Å². The third-order valence-electron chi connectivity index (χ3n) is 3.05. The second kappa shape index (κ2) is 5.30. The Labute approximate surface area is 95.6 Å². The highest BCUT2D eigenvalue weighted by Gasteiger charge is 2.32. The molecule has 3 atom stereocenters. The Hall–Kier alpha value is -1.10. The molecule has 1 saturated heterocycles. The van der Waals surface area contributed by atoms with E-state index in [4.69, 9.17) is 5.11 Å². The minimum absolute atomic E-state index is 0.113. The smallest absolute Gasteiger partial charge is 0.326 e. The second-order valence-corrected chi connectivity index (χ2v) is 4.77. The Morgan fingerprint density at radius 1 is 1.44 bits per heavy atom. The number of carboxylic acid groups (broad SMARTS) is 1. The van der Waals surface area contributed by atoms with E-state index >= 15 is 0 Å². The Bertz CT molecular complexity index is 278. The first kappa shape index (κ1) is 13.0. The van der Waals surface area contributed by atoms with Crippen molar-refractivity contribution in [2.24, 2.45) is 11.8 Å². The van der Waals surface area contributed by atoms with Gasteiger partial charge in [0.1, 0.15) is 6.04 Å². The van der Waals surface area contributed by atoms with E-state index in [1.165, 1.54) is 0 Å². The first-order chi connectivity index (χ1) is 7.43. The Kier molecular flexibility index (Phi) is 4.29. The number of carbonyl (C=O) groups excluding carboxylic acids is 1. The lowest BCUT2D eigenvalue weighted by atomic mass is 10.0. The molecule has 5 heteroatoms. The minimum atomic E-state index is -0.978. The standard InChI is InChI=1S/C11H20N2O3/c1-6(2)8(11(15)16)13-10(14)9-7(3)4-5-12-9/h6-9,12H,4-5H2,1-3H3,(H,13,14)(H,15,16)/t7?,8-,9?/m1/s1. The summed E-state index contributed by atoms with van der Waals surface area (Å²) in [6, 6.07) is -1.05. The van der Waals surface area contributed by atoms with Crippen molar-refractivity contribution in [3.63, 3.8) is 0 Å². The van der Waals surface area contributed by atoms with Crippen molar-refractivity contribution < 1.29 is 14.7 Å². The molecule has 1 amide bonds. The SMILES string of the molecule is CC1CCNC1C(=O)N[C@@H](C(=O)O)C(C)C. The fourth-order valence-corrected chi connectivity index (χ4v) is 1.94. The second-order valence-electron chi connectivity index (χ2n) is 4.77. The molecule has 0 aromatic heterocycles. The molecule has 5 nitrogen and oxygen atoms in total. The van der Waals surface area contributed by atoms with Crippen LogP contribution in [0.1, 0.15) is 27.2 Å². The highest BCUT2D eigenvalue weighted by atomic mass is 16.4. The van der Waals surface area contributed by atoms with Crippen LogP contribution in [-0.2, 0) is 9.59 Å². The number of rotatable bonds is 4. The van der Waals surface area contributed by atoms with Gasteiger partial charge in [0.2, 0.25) is 5.91 Å². The molecule has 1 heterocycles. The monoisotopic (exact) mass is 228 g/mol. The predicted octanol–water partition coefficient (Wildman–Crippen LogP) is 0.210. The average molecular weight is 228 g/mol. The van der Waals surface area contributed by atoms with Crippen molar-refractivity contribution in [2.75, 3.05) is 6.54 Å². The summed E-state index contributed by atoms with van der Waals surface area (Å²) in [5.41, 5.74) is 0. The fourth-order valence-electron chi connectivity index (χ4n) is 1.94. The third-order valence-corrected chi connectivity index (χ3v) is 3.05. The van der Waals surface area contributed by atoms with Gasteiger partial charge in [-0.3, -0.25) is 4.79 Å². The molecule has 1 rings (SSSR count). The first-order valence-corrected chi connectivity index (χ1v) is 5.70. The molecule has 0 spiro atoms. The van der Waals surface area contributed by atoms with Crippen molar-refractivity contribution in [1.82, 2.24) is 10.6 Å². The van der Waals surface area contributed by atoms with Crippen molar-refractivity contribution in [2.45, 2.75) is 39.3 Å². The Balaban J connectivity index is 2.58. The van der Waals surface area contributed by atoms with E-state index < -0.39 is 12.0 Å². The first-order valence-electron chi connectivity index (χ1n) is 5.70. The quantitative estimate of drug-likeness (QED) is 0.642. The van der Waals surface area contributed by atoms with Gasteiger partial charge in [-0.15, -0.1) is 0 Å². The van der Waals surface area contributed by atoms with E-state index in [0.717, 1.165) is 13.0 Å². The van der Waals surface area contributed by atoms with Gasteiger partial charge in [-0.25, -0.2) is 4.79 Å². The summed E-state index contributed by atoms with van der Waals surface area (Å²) >= 11 is 0. The molecule has 16 heavy (non-hydrogen) atoms. The zero-order valence-electron chi connectivity index (χ0n) is 9.99. The summed E-state index contributed by atoms with van der Waals surface area (Å²) in [4.78, 5) is 22.8. The number of amides is 1. The molecule has 0 bridgehead atoms. The van der Waals surface area contributed by atoms with Gasteiger partial charge in [0.15, 0.2) is 0 Å². The molecule has 1 fully saturated rings. The van der Waals surface area contributed by atoms with Crippen molar-refractivity contribution in [1.29, 1.82) is 0 Å². The molecule has 1 aliphatic heterocycles. The minimum Gasteiger partial charge on any atom is -0.480 e. The lowest BCUT2D eigenvalue weighted by Gasteiger charge is -2.22. The van der Waals surface area contributed by atoms with Crippen LogP contribution < -0.4 is 10.6 Å². The predicted molar refractivity (Wildman–Crippen MR) is 60.0 cm³/mol. The molecule has 1 aliphatic rings. The van der Waals surface area contributed by atoms with Crippen LogP contribution in [0, 0.1) is 11.8 Å². The lowest BCUT2D eigenvalue weighted by Crippen LogP contribution is -2.51. The maximum absolute atomic E-state index is 11.8. The molecule has 3 N–H and O–H groups in total. The number of carbonyl (C=O) groups is 2. The maximum Gasteiger partial charge on any atom is 0.326 e. The zero-order valence-corrected chi connectivity index (χ0v) is 9.99. The van der Waals surface area contributed by atoms with Crippen LogP contribution in [0.3, 0.4) is 0 Å². The molecular formula is C11H20N2O3. The summed E-state index contributed by atoms with van der Waals surface area (Å²) < 4.78 is 0. The van der Waals surface area contributed by atoms with Gasteiger partial charge in [0, 0.05) is 0 Å². The van der Waals surface area contributed by atoms with Crippen LogP contribution >= 0.6 is 0 Å². The van der Waals surface area contributed by atoms with E-state index in [2.05, 4.69) is 10.6 Å². The molecule has 0 aromatic rings. The summed E-state index contributed by atoms with van der Waals surface area (Å²) in [5.74, 6) is -1.03. The number of carboxylic acids is 1. The lowest BCUT2D eigenvalue weighted by molar-refractivity contribution is -0.143. The molecule has 0 aliphatic carbocycles. The molecular weight excluding hydrogens is 208 g/mol. The number of hydrogen-bond donors (Lipinski definition) is 3. The van der Waals surface area contributed by atoms with Gasteiger partial charge in [-0.05, 0) is 24.8 Å². The Morgan fingerprint density at radius 3 is 2.44 bits per heavy atom. The van der Waals surface area contributed by atoms with Crippen LogP contribution in [0.25, 0.3) is 0 Å². The van der Waals surface area contributed by atoms with Gasteiger partial charge in [-0.1, -0.05) is 20.8 Å². The van der Waals surface area contributed by atoms with Gasteiger partial charge in [-0.2, -0.15) is 0 Å². The summed E-state index contributed by atoms with van der Waals surface area (Å²) in [6.45, 7) is 6.38. The molecule has 0 saturated carbocycles. The molecule has 92 valence electrons. The van der Waals surface area contributed by atoms with Crippen LogP contribution in [0.4, 0.5) is 0 Å². The van der Waals surface area contributed by atoms with Gasteiger partial charge in [0.05, 0.1) is 6.04 Å². The van der Waals surface area contributed by atoms with E-state index in [0.29, 0.717) is 0 Å². The van der Waals surface area contributed by atoms with Gasteiger partial charge >= 0.3 is 5.97 Å².